The molecule has 0 saturated carbocycles. The number of aryl methyl sites for hydroxylation is 1. The van der Waals surface area contributed by atoms with Gasteiger partial charge in [-0.15, -0.1) is 11.3 Å². The maximum atomic E-state index is 12.9. The molecule has 0 N–H and O–H groups in total. The van der Waals surface area contributed by atoms with E-state index in [0.29, 0.717) is 5.75 Å². The molecule has 0 bridgehead atoms. The van der Waals surface area contributed by atoms with Gasteiger partial charge in [-0.3, -0.25) is 4.79 Å². The van der Waals surface area contributed by atoms with E-state index < -0.39 is 0 Å². The topological polar surface area (TPSA) is 46.1 Å². The van der Waals surface area contributed by atoms with Gasteiger partial charge in [0.05, 0.1) is 5.75 Å². The van der Waals surface area contributed by atoms with Crippen molar-refractivity contribution in [2.45, 2.75) is 18.4 Å². The second-order valence-electron chi connectivity index (χ2n) is 6.98. The third-order valence-corrected chi connectivity index (χ3v) is 7.10. The van der Waals surface area contributed by atoms with Crippen LogP contribution < -0.4 is 4.90 Å². The normalized spacial score (nSPS) is 13.1. The highest BCUT2D eigenvalue weighted by Crippen LogP contribution is 2.37. The maximum absolute atomic E-state index is 12.9. The highest BCUT2D eigenvalue weighted by atomic mass is 32.2. The van der Waals surface area contributed by atoms with E-state index >= 15 is 0 Å². The Labute approximate surface area is 177 Å². The van der Waals surface area contributed by atoms with Gasteiger partial charge in [-0.2, -0.15) is 0 Å². The molecule has 2 aromatic carbocycles. The molecule has 0 unspecified atom stereocenters. The minimum Gasteiger partial charge on any atom is -0.311 e. The molecule has 0 atom stereocenters. The molecule has 3 heterocycles. The molecule has 2 aromatic heterocycles. The number of benzene rings is 2. The molecular formula is C23H19N3OS2. The summed E-state index contributed by atoms with van der Waals surface area (Å²) >= 11 is 3.18. The Bertz CT molecular complexity index is 1200. The van der Waals surface area contributed by atoms with Crippen molar-refractivity contribution in [3.8, 4) is 10.4 Å². The van der Waals surface area contributed by atoms with Crippen molar-refractivity contribution in [2.24, 2.45) is 0 Å². The lowest BCUT2D eigenvalue weighted by atomic mass is 10.2. The van der Waals surface area contributed by atoms with Crippen LogP contribution in [0.2, 0.25) is 0 Å². The minimum absolute atomic E-state index is 0.128. The first-order chi connectivity index (χ1) is 14.2. The van der Waals surface area contributed by atoms with Gasteiger partial charge in [-0.25, -0.2) is 9.97 Å². The van der Waals surface area contributed by atoms with E-state index in [1.807, 2.05) is 48.2 Å². The van der Waals surface area contributed by atoms with Crippen LogP contribution >= 0.6 is 23.1 Å². The van der Waals surface area contributed by atoms with Gasteiger partial charge in [0, 0.05) is 22.5 Å². The number of rotatable bonds is 4. The van der Waals surface area contributed by atoms with Gasteiger partial charge < -0.3 is 4.90 Å². The highest BCUT2D eigenvalue weighted by molar-refractivity contribution is 8.00. The molecule has 0 fully saturated rings. The van der Waals surface area contributed by atoms with E-state index in [1.165, 1.54) is 27.8 Å². The van der Waals surface area contributed by atoms with E-state index in [2.05, 4.69) is 34.2 Å². The number of para-hydroxylation sites is 1. The molecule has 4 nitrogen and oxygen atoms in total. The summed E-state index contributed by atoms with van der Waals surface area (Å²) < 4.78 is 0. The molecule has 1 aliphatic heterocycles. The number of amides is 1. The smallest absolute Gasteiger partial charge is 0.237 e. The second kappa shape index (κ2) is 7.61. The number of aromatic nitrogens is 2. The van der Waals surface area contributed by atoms with Crippen LogP contribution in [0.15, 0.2) is 65.7 Å². The third-order valence-electron chi connectivity index (χ3n) is 5.05. The Morgan fingerprint density at radius 3 is 2.76 bits per heavy atom. The van der Waals surface area contributed by atoms with Crippen LogP contribution in [0.25, 0.3) is 20.7 Å². The summed E-state index contributed by atoms with van der Waals surface area (Å²) in [6, 6.07) is 20.6. The van der Waals surface area contributed by atoms with Gasteiger partial charge in [0.25, 0.3) is 0 Å². The molecule has 6 heteroatoms. The molecule has 1 aliphatic rings. The minimum atomic E-state index is 0.128. The fraction of sp³-hybridized carbons (Fsp3) is 0.174. The zero-order valence-corrected chi connectivity index (χ0v) is 17.6. The van der Waals surface area contributed by atoms with Crippen LogP contribution in [0.5, 0.6) is 0 Å². The molecule has 29 heavy (non-hydrogen) atoms. The number of hydrogen-bond donors (Lipinski definition) is 0. The van der Waals surface area contributed by atoms with Gasteiger partial charge in [-0.1, -0.05) is 60.3 Å². The molecule has 0 radical (unpaired) electrons. The number of thioether (sulfide) groups is 1. The van der Waals surface area contributed by atoms with Crippen molar-refractivity contribution in [2.75, 3.05) is 17.2 Å². The summed E-state index contributed by atoms with van der Waals surface area (Å²) in [4.78, 5) is 26.2. The Morgan fingerprint density at radius 2 is 1.90 bits per heavy atom. The number of thiophene rings is 1. The summed E-state index contributed by atoms with van der Waals surface area (Å²) in [5.41, 5.74) is 3.47. The van der Waals surface area contributed by atoms with Crippen molar-refractivity contribution in [1.29, 1.82) is 0 Å². The van der Waals surface area contributed by atoms with Crippen LogP contribution in [0, 0.1) is 6.92 Å². The molecule has 1 amide bonds. The molecule has 5 rings (SSSR count). The first kappa shape index (κ1) is 18.3. The van der Waals surface area contributed by atoms with Gasteiger partial charge >= 0.3 is 0 Å². The zero-order chi connectivity index (χ0) is 19.8. The highest BCUT2D eigenvalue weighted by Gasteiger charge is 2.24. The van der Waals surface area contributed by atoms with E-state index in [4.69, 9.17) is 0 Å². The first-order valence-electron chi connectivity index (χ1n) is 9.54. The second-order valence-corrected chi connectivity index (χ2v) is 8.98. The lowest BCUT2D eigenvalue weighted by molar-refractivity contribution is -0.116. The Morgan fingerprint density at radius 1 is 1.10 bits per heavy atom. The molecule has 0 aliphatic carbocycles. The maximum Gasteiger partial charge on any atom is 0.237 e. The molecule has 144 valence electrons. The predicted molar refractivity (Wildman–Crippen MR) is 121 cm³/mol. The van der Waals surface area contributed by atoms with Crippen LogP contribution in [0.1, 0.15) is 11.4 Å². The molecular weight excluding hydrogens is 398 g/mol. The fourth-order valence-corrected chi connectivity index (χ4v) is 5.73. The molecule has 4 aromatic rings. The summed E-state index contributed by atoms with van der Waals surface area (Å²) in [5, 5.41) is 1.91. The van der Waals surface area contributed by atoms with Crippen molar-refractivity contribution in [1.82, 2.24) is 9.97 Å². The van der Waals surface area contributed by atoms with Crippen molar-refractivity contribution in [3.05, 3.63) is 72.1 Å². The number of nitrogens with zero attached hydrogens (tertiary/aromatic N) is 3. The number of anilines is 1. The van der Waals surface area contributed by atoms with Crippen LogP contribution in [0.4, 0.5) is 5.69 Å². The van der Waals surface area contributed by atoms with E-state index in [-0.39, 0.29) is 5.91 Å². The SMILES string of the molecule is Cc1nc(SCC(=O)N2CCc3ccccc32)c2cc(-c3ccccc3)sc2n1. The summed E-state index contributed by atoms with van der Waals surface area (Å²) in [6.07, 6.45) is 0.925. The number of hydrogen-bond acceptors (Lipinski definition) is 5. The van der Waals surface area contributed by atoms with Crippen molar-refractivity contribution in [3.63, 3.8) is 0 Å². The number of carbonyl (C=O) groups excluding carboxylic acids is 1. The van der Waals surface area contributed by atoms with Gasteiger partial charge in [0.1, 0.15) is 15.7 Å². The third kappa shape index (κ3) is 3.54. The van der Waals surface area contributed by atoms with Crippen molar-refractivity contribution >= 4 is 44.9 Å². The summed E-state index contributed by atoms with van der Waals surface area (Å²) in [7, 11) is 0. The van der Waals surface area contributed by atoms with E-state index in [9.17, 15) is 4.79 Å². The van der Waals surface area contributed by atoms with E-state index in [1.54, 1.807) is 11.3 Å². The predicted octanol–water partition coefficient (Wildman–Crippen LogP) is 5.35. The lowest BCUT2D eigenvalue weighted by Crippen LogP contribution is -2.30. The Balaban J connectivity index is 1.40. The van der Waals surface area contributed by atoms with Gasteiger partial charge in [-0.05, 0) is 36.6 Å². The average Bonchev–Trinajstić information content (AvgIpc) is 3.37. The van der Waals surface area contributed by atoms with Gasteiger partial charge in [0.2, 0.25) is 5.91 Å². The largest absolute Gasteiger partial charge is 0.311 e. The summed E-state index contributed by atoms with van der Waals surface area (Å²) in [6.45, 7) is 2.66. The van der Waals surface area contributed by atoms with Gasteiger partial charge in [0.15, 0.2) is 0 Å². The first-order valence-corrected chi connectivity index (χ1v) is 11.3. The average molecular weight is 418 g/mol. The monoisotopic (exact) mass is 417 g/mol. The van der Waals surface area contributed by atoms with Crippen LogP contribution in [0.3, 0.4) is 0 Å². The van der Waals surface area contributed by atoms with Crippen LogP contribution in [-0.4, -0.2) is 28.2 Å². The zero-order valence-electron chi connectivity index (χ0n) is 16.0. The number of fused-ring (bicyclic) bond motifs is 2. The summed E-state index contributed by atoms with van der Waals surface area (Å²) in [5.74, 6) is 1.24. The standard InChI is InChI=1S/C23H19N3OS2/c1-15-24-22(18-13-20(29-23(18)25-15)17-8-3-2-4-9-17)28-14-21(27)26-12-11-16-7-5-6-10-19(16)26/h2-10,13H,11-12,14H2,1H3. The van der Waals surface area contributed by atoms with Crippen molar-refractivity contribution < 1.29 is 4.79 Å². The Hall–Kier alpha value is -2.70. The fourth-order valence-electron chi connectivity index (χ4n) is 3.66. The Kier molecular flexibility index (Phi) is 4.81. The number of carbonyl (C=O) groups is 1. The molecule has 0 saturated heterocycles. The molecule has 0 spiro atoms. The van der Waals surface area contributed by atoms with Crippen LogP contribution in [-0.2, 0) is 11.2 Å². The quantitative estimate of drug-likeness (QED) is 0.332. The lowest BCUT2D eigenvalue weighted by Gasteiger charge is -2.17. The van der Waals surface area contributed by atoms with E-state index in [0.717, 1.165) is 39.7 Å².